The average molecular weight is 468 g/mol. The van der Waals surface area contributed by atoms with Crippen LogP contribution < -0.4 is 21.7 Å². The van der Waals surface area contributed by atoms with Gasteiger partial charge in [0.25, 0.3) is 0 Å². The fourth-order valence-electron chi connectivity index (χ4n) is 3.70. The van der Waals surface area contributed by atoms with Gasteiger partial charge < -0.3 is 21.7 Å². The lowest BCUT2D eigenvalue weighted by Gasteiger charge is -2.32. The maximum absolute atomic E-state index is 12.7. The Morgan fingerprint density at radius 2 is 1.77 bits per heavy atom. The minimum atomic E-state index is -0.364. The molecule has 2 amide bonds. The van der Waals surface area contributed by atoms with Gasteiger partial charge in [0.05, 0.1) is 5.92 Å². The van der Waals surface area contributed by atoms with Gasteiger partial charge in [0.2, 0.25) is 11.8 Å². The number of amides is 2. The van der Waals surface area contributed by atoms with Crippen LogP contribution in [0.15, 0.2) is 48.7 Å². The number of halogens is 2. The standard InChI is InChI=1S/C22H29N5O2.2ClH/c1-15(19(23)16-6-3-2-4-7-16)22(29)26-14-18-8-5-11-25-21(18)27-12-9-17(10-13-27)20(24)28;;/h2-8,11,15,17,19H,9-10,12-14,23H2,1H3,(H2,24,28)(H,26,29);2*1H. The zero-order valence-electron chi connectivity index (χ0n) is 17.6. The molecule has 1 saturated heterocycles. The van der Waals surface area contributed by atoms with Crippen LogP contribution in [0, 0.1) is 11.8 Å². The molecule has 0 spiro atoms. The lowest BCUT2D eigenvalue weighted by Crippen LogP contribution is -2.40. The number of aromatic nitrogens is 1. The van der Waals surface area contributed by atoms with Crippen molar-refractivity contribution in [3.63, 3.8) is 0 Å². The van der Waals surface area contributed by atoms with Crippen LogP contribution in [0.1, 0.15) is 36.9 Å². The summed E-state index contributed by atoms with van der Waals surface area (Å²) in [6, 6.07) is 13.1. The van der Waals surface area contributed by atoms with Crippen molar-refractivity contribution in [1.29, 1.82) is 0 Å². The smallest absolute Gasteiger partial charge is 0.225 e. The molecular formula is C22H31Cl2N5O2. The van der Waals surface area contributed by atoms with E-state index in [0.717, 1.165) is 42.9 Å². The van der Waals surface area contributed by atoms with E-state index in [-0.39, 0.29) is 54.5 Å². The first-order valence-corrected chi connectivity index (χ1v) is 10.0. The highest BCUT2D eigenvalue weighted by Crippen LogP contribution is 2.25. The molecule has 2 aromatic rings. The van der Waals surface area contributed by atoms with Crippen LogP contribution in [0.5, 0.6) is 0 Å². The molecule has 1 aliphatic rings. The van der Waals surface area contributed by atoms with Gasteiger partial charge in [0.1, 0.15) is 5.82 Å². The highest BCUT2D eigenvalue weighted by molar-refractivity contribution is 5.85. The van der Waals surface area contributed by atoms with Crippen molar-refractivity contribution in [3.8, 4) is 0 Å². The largest absolute Gasteiger partial charge is 0.369 e. The second-order valence-electron chi connectivity index (χ2n) is 7.59. The molecule has 1 aromatic carbocycles. The molecule has 0 bridgehead atoms. The van der Waals surface area contributed by atoms with Gasteiger partial charge in [-0.2, -0.15) is 0 Å². The number of nitrogens with two attached hydrogens (primary N) is 2. The maximum Gasteiger partial charge on any atom is 0.225 e. The molecule has 2 unspecified atom stereocenters. The SMILES string of the molecule is CC(C(=O)NCc1cccnc1N1CCC(C(N)=O)CC1)C(N)c1ccccc1.Cl.Cl. The fourth-order valence-corrected chi connectivity index (χ4v) is 3.70. The van der Waals surface area contributed by atoms with Crippen molar-refractivity contribution in [1.82, 2.24) is 10.3 Å². The second-order valence-corrected chi connectivity index (χ2v) is 7.59. The number of nitrogens with one attached hydrogen (secondary N) is 1. The summed E-state index contributed by atoms with van der Waals surface area (Å²) in [5.74, 6) is 0.0866. The van der Waals surface area contributed by atoms with E-state index in [1.54, 1.807) is 6.20 Å². The molecule has 0 aliphatic carbocycles. The molecule has 1 aliphatic heterocycles. The quantitative estimate of drug-likeness (QED) is 0.578. The lowest BCUT2D eigenvalue weighted by molar-refractivity contribution is -0.125. The van der Waals surface area contributed by atoms with Gasteiger partial charge in [-0.25, -0.2) is 4.98 Å². The van der Waals surface area contributed by atoms with Crippen molar-refractivity contribution in [2.75, 3.05) is 18.0 Å². The van der Waals surface area contributed by atoms with Gasteiger partial charge in [0, 0.05) is 43.4 Å². The molecule has 1 aromatic heterocycles. The third kappa shape index (κ3) is 6.82. The Bertz CT molecular complexity index is 845. The number of rotatable bonds is 7. The van der Waals surface area contributed by atoms with Crippen LogP contribution in [0.2, 0.25) is 0 Å². The summed E-state index contributed by atoms with van der Waals surface area (Å²) >= 11 is 0. The van der Waals surface area contributed by atoms with Crippen molar-refractivity contribution < 1.29 is 9.59 Å². The minimum absolute atomic E-state index is 0. The zero-order valence-corrected chi connectivity index (χ0v) is 19.2. The molecule has 7 nitrogen and oxygen atoms in total. The monoisotopic (exact) mass is 467 g/mol. The van der Waals surface area contributed by atoms with Gasteiger partial charge in [-0.15, -0.1) is 24.8 Å². The van der Waals surface area contributed by atoms with Gasteiger partial charge in [-0.05, 0) is 24.5 Å². The van der Waals surface area contributed by atoms with Crippen molar-refractivity contribution in [3.05, 3.63) is 59.8 Å². The molecule has 31 heavy (non-hydrogen) atoms. The first kappa shape index (κ1) is 26.7. The number of pyridine rings is 1. The van der Waals surface area contributed by atoms with Gasteiger partial charge in [-0.3, -0.25) is 9.59 Å². The van der Waals surface area contributed by atoms with E-state index in [4.69, 9.17) is 11.5 Å². The second kappa shape index (κ2) is 12.5. The van der Waals surface area contributed by atoms with E-state index in [0.29, 0.717) is 6.54 Å². The number of nitrogens with zero attached hydrogens (tertiary/aromatic N) is 2. The van der Waals surface area contributed by atoms with E-state index in [1.807, 2.05) is 49.4 Å². The number of piperidine rings is 1. The van der Waals surface area contributed by atoms with Gasteiger partial charge in [-0.1, -0.05) is 43.3 Å². The minimum Gasteiger partial charge on any atom is -0.369 e. The molecule has 9 heteroatoms. The van der Waals surface area contributed by atoms with E-state index in [2.05, 4.69) is 15.2 Å². The highest BCUT2D eigenvalue weighted by Gasteiger charge is 2.26. The van der Waals surface area contributed by atoms with Crippen LogP contribution in [-0.2, 0) is 16.1 Å². The number of primary amides is 1. The number of hydrogen-bond acceptors (Lipinski definition) is 5. The van der Waals surface area contributed by atoms with Crippen LogP contribution in [0.3, 0.4) is 0 Å². The molecule has 170 valence electrons. The van der Waals surface area contributed by atoms with Crippen LogP contribution >= 0.6 is 24.8 Å². The van der Waals surface area contributed by atoms with E-state index >= 15 is 0 Å². The fraction of sp³-hybridized carbons (Fsp3) is 0.409. The van der Waals surface area contributed by atoms with E-state index < -0.39 is 0 Å². The predicted octanol–water partition coefficient (Wildman–Crippen LogP) is 2.58. The normalized spacial score (nSPS) is 15.7. The highest BCUT2D eigenvalue weighted by atomic mass is 35.5. The van der Waals surface area contributed by atoms with Crippen molar-refractivity contribution in [2.24, 2.45) is 23.3 Å². The van der Waals surface area contributed by atoms with Gasteiger partial charge >= 0.3 is 0 Å². The summed E-state index contributed by atoms with van der Waals surface area (Å²) in [7, 11) is 0. The third-order valence-corrected chi connectivity index (χ3v) is 5.65. The van der Waals surface area contributed by atoms with Crippen LogP contribution in [-0.4, -0.2) is 29.9 Å². The molecule has 0 radical (unpaired) electrons. The molecule has 1 fully saturated rings. The molecule has 0 saturated carbocycles. The van der Waals surface area contributed by atoms with Gasteiger partial charge in [0.15, 0.2) is 0 Å². The Balaban J connectivity index is 0.00000240. The number of hydrogen-bond donors (Lipinski definition) is 3. The Morgan fingerprint density at radius 1 is 1.13 bits per heavy atom. The number of benzene rings is 1. The van der Waals surface area contributed by atoms with Crippen molar-refractivity contribution >= 4 is 42.4 Å². The number of anilines is 1. The van der Waals surface area contributed by atoms with E-state index in [1.165, 1.54) is 0 Å². The topological polar surface area (TPSA) is 114 Å². The number of carbonyl (C=O) groups excluding carboxylic acids is 2. The summed E-state index contributed by atoms with van der Waals surface area (Å²) < 4.78 is 0. The maximum atomic E-state index is 12.7. The molecule has 5 N–H and O–H groups in total. The summed E-state index contributed by atoms with van der Waals surface area (Å²) in [4.78, 5) is 30.7. The molecule has 3 rings (SSSR count). The first-order valence-electron chi connectivity index (χ1n) is 10.0. The third-order valence-electron chi connectivity index (χ3n) is 5.65. The van der Waals surface area contributed by atoms with Crippen LogP contribution in [0.4, 0.5) is 5.82 Å². The summed E-state index contributed by atoms with van der Waals surface area (Å²) in [6.07, 6.45) is 3.19. The number of carbonyl (C=O) groups is 2. The van der Waals surface area contributed by atoms with Crippen LogP contribution in [0.25, 0.3) is 0 Å². The Hall–Kier alpha value is -2.35. The first-order chi connectivity index (χ1) is 14.0. The van der Waals surface area contributed by atoms with E-state index in [9.17, 15) is 9.59 Å². The Kier molecular flexibility index (Phi) is 10.8. The summed E-state index contributed by atoms with van der Waals surface area (Å²) in [5.41, 5.74) is 13.6. The Labute approximate surface area is 195 Å². The summed E-state index contributed by atoms with van der Waals surface area (Å²) in [6.45, 7) is 3.66. The average Bonchev–Trinajstić information content (AvgIpc) is 2.77. The molecular weight excluding hydrogens is 437 g/mol. The van der Waals surface area contributed by atoms with Crippen molar-refractivity contribution in [2.45, 2.75) is 32.4 Å². The molecule has 2 atom stereocenters. The molecule has 2 heterocycles. The lowest BCUT2D eigenvalue weighted by atomic mass is 9.94. The zero-order chi connectivity index (χ0) is 20.8. The predicted molar refractivity (Wildman–Crippen MR) is 127 cm³/mol. The summed E-state index contributed by atoms with van der Waals surface area (Å²) in [5, 5.41) is 3.00. The Morgan fingerprint density at radius 3 is 2.39 bits per heavy atom.